The van der Waals surface area contributed by atoms with Crippen molar-refractivity contribution in [3.63, 3.8) is 0 Å². The fourth-order valence-electron chi connectivity index (χ4n) is 2.85. The zero-order valence-corrected chi connectivity index (χ0v) is 15.3. The third-order valence-corrected chi connectivity index (χ3v) is 12.8. The Hall–Kier alpha value is 0.510. The van der Waals surface area contributed by atoms with Crippen LogP contribution in [-0.2, 0) is 0 Å². The third-order valence-electron chi connectivity index (χ3n) is 4.15. The minimum Gasteiger partial charge on any atom is -0.106 e. The third kappa shape index (κ3) is 4.00. The van der Waals surface area contributed by atoms with Gasteiger partial charge in [-0.3, -0.25) is 0 Å². The van der Waals surface area contributed by atoms with Gasteiger partial charge >= 0.3 is 0 Å². The summed E-state index contributed by atoms with van der Waals surface area (Å²) in [6.45, 7) is 7.23. The van der Waals surface area contributed by atoms with Gasteiger partial charge in [0.2, 0.25) is 0 Å². The zero-order valence-electron chi connectivity index (χ0n) is 12.6. The van der Waals surface area contributed by atoms with Crippen LogP contribution in [-0.4, -0.2) is 43.1 Å². The summed E-state index contributed by atoms with van der Waals surface area (Å²) < 4.78 is 0. The normalized spacial score (nSPS) is 28.1. The Bertz CT molecular complexity index is 356. The summed E-state index contributed by atoms with van der Waals surface area (Å²) in [6, 6.07) is 9.45. The van der Waals surface area contributed by atoms with E-state index in [9.17, 15) is 0 Å². The minimum absolute atomic E-state index is 0.122. The lowest BCUT2D eigenvalue weighted by atomic mass is 10.4. The molecule has 106 valence electrons. The maximum atomic E-state index is 2.45. The van der Waals surface area contributed by atoms with E-state index in [2.05, 4.69) is 45.0 Å². The van der Waals surface area contributed by atoms with Crippen LogP contribution in [0.15, 0.2) is 24.3 Å². The molecule has 0 fully saturated rings. The molecule has 0 nitrogen and oxygen atoms in total. The second-order valence-corrected chi connectivity index (χ2v) is 13.2. The Balaban J connectivity index is 2.33. The Morgan fingerprint density at radius 1 is 0.737 bits per heavy atom. The lowest BCUT2D eigenvalue weighted by Crippen LogP contribution is -2.24. The van der Waals surface area contributed by atoms with Crippen LogP contribution in [0.5, 0.6) is 0 Å². The number of fused-ring (bicyclic) bond motifs is 1. The van der Waals surface area contributed by atoms with Crippen molar-refractivity contribution in [1.82, 2.24) is 0 Å². The maximum absolute atomic E-state index is 2.45. The van der Waals surface area contributed by atoms with E-state index in [0.29, 0.717) is 7.92 Å². The molecule has 1 aromatic rings. The summed E-state index contributed by atoms with van der Waals surface area (Å²) in [7, 11) is 0.578. The Morgan fingerprint density at radius 3 is 1.58 bits per heavy atom. The summed E-state index contributed by atoms with van der Waals surface area (Å²) in [4.78, 5) is 0. The SMILES string of the molecule is CCP1CCP(CC)c2ccccc2P(CC)CC1. The van der Waals surface area contributed by atoms with Gasteiger partial charge in [-0.1, -0.05) is 60.9 Å². The predicted octanol–water partition coefficient (Wildman–Crippen LogP) is 4.46. The maximum Gasteiger partial charge on any atom is -0.0164 e. The molecule has 1 heterocycles. The summed E-state index contributed by atoms with van der Waals surface area (Å²) in [5.41, 5.74) is 0. The highest BCUT2D eigenvalue weighted by molar-refractivity contribution is 7.73. The topological polar surface area (TPSA) is 0 Å². The molecule has 0 radical (unpaired) electrons. The summed E-state index contributed by atoms with van der Waals surface area (Å²) >= 11 is 0. The van der Waals surface area contributed by atoms with Crippen molar-refractivity contribution >= 4 is 34.4 Å². The molecule has 0 spiro atoms. The van der Waals surface area contributed by atoms with E-state index < -0.39 is 0 Å². The van der Waals surface area contributed by atoms with E-state index >= 15 is 0 Å². The van der Waals surface area contributed by atoms with Crippen molar-refractivity contribution in [2.75, 3.05) is 43.1 Å². The molecule has 0 bridgehead atoms. The van der Waals surface area contributed by atoms with E-state index in [1.165, 1.54) is 43.1 Å². The highest BCUT2D eigenvalue weighted by atomic mass is 31.1. The van der Waals surface area contributed by atoms with Gasteiger partial charge in [-0.05, 0) is 53.7 Å². The van der Waals surface area contributed by atoms with E-state index in [4.69, 9.17) is 0 Å². The first-order chi connectivity index (χ1) is 9.30. The van der Waals surface area contributed by atoms with Crippen LogP contribution in [0.2, 0.25) is 0 Å². The van der Waals surface area contributed by atoms with Crippen molar-refractivity contribution in [3.05, 3.63) is 24.3 Å². The van der Waals surface area contributed by atoms with Crippen molar-refractivity contribution in [2.24, 2.45) is 0 Å². The van der Waals surface area contributed by atoms with Crippen LogP contribution in [0.1, 0.15) is 20.8 Å². The second kappa shape index (κ2) is 8.08. The van der Waals surface area contributed by atoms with E-state index in [1.807, 2.05) is 0 Å². The van der Waals surface area contributed by atoms with Crippen LogP contribution in [0.3, 0.4) is 0 Å². The zero-order chi connectivity index (χ0) is 13.7. The molecule has 2 rings (SSSR count). The fourth-order valence-corrected chi connectivity index (χ4v) is 11.9. The van der Waals surface area contributed by atoms with Crippen LogP contribution < -0.4 is 10.6 Å². The first-order valence-corrected chi connectivity index (χ1v) is 12.9. The smallest absolute Gasteiger partial charge is 0.0164 e. The standard InChI is InChI=1S/C16H27P3/c1-4-17-11-13-18(5-2)15-9-7-8-10-16(15)19(6-3)14-12-17/h7-10H,4-6,11-14H2,1-3H3. The summed E-state index contributed by atoms with van der Waals surface area (Å²) in [5.74, 6) is 0. The Labute approximate surface area is 123 Å². The van der Waals surface area contributed by atoms with Crippen LogP contribution in [0, 0.1) is 0 Å². The van der Waals surface area contributed by atoms with E-state index in [-0.39, 0.29) is 15.8 Å². The first-order valence-electron chi connectivity index (χ1n) is 7.61. The fraction of sp³-hybridized carbons (Fsp3) is 0.625. The lowest BCUT2D eigenvalue weighted by Gasteiger charge is -2.23. The molecule has 0 N–H and O–H groups in total. The molecule has 1 aromatic carbocycles. The largest absolute Gasteiger partial charge is 0.106 e. The van der Waals surface area contributed by atoms with Gasteiger partial charge in [0.1, 0.15) is 0 Å². The van der Waals surface area contributed by atoms with Crippen LogP contribution >= 0.6 is 23.8 Å². The first kappa shape index (κ1) is 15.9. The van der Waals surface area contributed by atoms with Gasteiger partial charge in [0, 0.05) is 0 Å². The number of hydrogen-bond acceptors (Lipinski definition) is 0. The molecule has 0 amide bonds. The van der Waals surface area contributed by atoms with E-state index in [1.54, 1.807) is 10.6 Å². The molecule has 0 saturated carbocycles. The molecule has 0 aromatic heterocycles. The molecule has 2 atom stereocenters. The number of benzene rings is 1. The molecule has 19 heavy (non-hydrogen) atoms. The molecular formula is C16H27P3. The number of rotatable bonds is 3. The molecule has 1 aliphatic rings. The Morgan fingerprint density at radius 2 is 1.21 bits per heavy atom. The number of hydrogen-bond donors (Lipinski definition) is 0. The van der Waals surface area contributed by atoms with Gasteiger partial charge in [-0.25, -0.2) is 0 Å². The highest BCUT2D eigenvalue weighted by Gasteiger charge is 2.22. The highest BCUT2D eigenvalue weighted by Crippen LogP contribution is 2.48. The predicted molar refractivity (Wildman–Crippen MR) is 97.6 cm³/mol. The van der Waals surface area contributed by atoms with Crippen LogP contribution in [0.25, 0.3) is 0 Å². The summed E-state index contributed by atoms with van der Waals surface area (Å²) in [6.07, 6.45) is 10.3. The average molecular weight is 312 g/mol. The Kier molecular flexibility index (Phi) is 6.75. The molecule has 0 saturated heterocycles. The van der Waals surface area contributed by atoms with Crippen molar-refractivity contribution in [3.8, 4) is 0 Å². The van der Waals surface area contributed by atoms with Gasteiger partial charge in [0.25, 0.3) is 0 Å². The average Bonchev–Trinajstić information content (AvgIpc) is 2.53. The minimum atomic E-state index is 0.122. The van der Waals surface area contributed by atoms with Gasteiger partial charge in [0.05, 0.1) is 0 Å². The van der Waals surface area contributed by atoms with Gasteiger partial charge < -0.3 is 0 Å². The quantitative estimate of drug-likeness (QED) is 0.723. The lowest BCUT2D eigenvalue weighted by molar-refractivity contribution is 1.34. The van der Waals surface area contributed by atoms with Gasteiger partial charge in [0.15, 0.2) is 0 Å². The van der Waals surface area contributed by atoms with Crippen molar-refractivity contribution in [2.45, 2.75) is 20.8 Å². The van der Waals surface area contributed by atoms with Gasteiger partial charge in [-0.15, -0.1) is 7.92 Å². The monoisotopic (exact) mass is 312 g/mol. The molecule has 2 unspecified atom stereocenters. The summed E-state index contributed by atoms with van der Waals surface area (Å²) in [5, 5.41) is 3.53. The molecule has 1 aliphatic heterocycles. The molecule has 3 heteroatoms. The molecular weight excluding hydrogens is 285 g/mol. The van der Waals surface area contributed by atoms with Crippen LogP contribution in [0.4, 0.5) is 0 Å². The van der Waals surface area contributed by atoms with Crippen molar-refractivity contribution < 1.29 is 0 Å². The van der Waals surface area contributed by atoms with Gasteiger partial charge in [-0.2, -0.15) is 0 Å². The van der Waals surface area contributed by atoms with Crippen molar-refractivity contribution in [1.29, 1.82) is 0 Å². The molecule has 0 aliphatic carbocycles. The second-order valence-electron chi connectivity index (χ2n) is 5.08. The van der Waals surface area contributed by atoms with E-state index in [0.717, 1.165) is 0 Å².